The summed E-state index contributed by atoms with van der Waals surface area (Å²) >= 11 is 13.5. The zero-order chi connectivity index (χ0) is 21.0. The summed E-state index contributed by atoms with van der Waals surface area (Å²) in [7, 11) is 1.84. The fourth-order valence-corrected chi connectivity index (χ4v) is 3.63. The lowest BCUT2D eigenvalue weighted by atomic mass is 10.1. The highest BCUT2D eigenvalue weighted by Gasteiger charge is 2.13. The van der Waals surface area contributed by atoms with Crippen LogP contribution in [0.15, 0.2) is 41.6 Å². The minimum atomic E-state index is -0.170. The number of anilines is 1. The van der Waals surface area contributed by atoms with Crippen molar-refractivity contribution in [1.29, 1.82) is 0 Å². The Morgan fingerprint density at radius 1 is 1.17 bits per heavy atom. The van der Waals surface area contributed by atoms with Gasteiger partial charge < -0.3 is 14.6 Å². The van der Waals surface area contributed by atoms with Gasteiger partial charge in [0, 0.05) is 12.1 Å². The number of thioether (sulfide) groups is 1. The molecule has 1 N–H and O–H groups in total. The first-order chi connectivity index (χ1) is 13.8. The third kappa shape index (κ3) is 5.44. The second-order valence-electron chi connectivity index (χ2n) is 6.43. The molecule has 29 heavy (non-hydrogen) atoms. The van der Waals surface area contributed by atoms with Crippen LogP contribution in [0.3, 0.4) is 0 Å². The van der Waals surface area contributed by atoms with E-state index >= 15 is 0 Å². The van der Waals surface area contributed by atoms with E-state index in [0.29, 0.717) is 21.7 Å². The first-order valence-electron chi connectivity index (χ1n) is 8.80. The molecular weight excluding hydrogens is 431 g/mol. The zero-order valence-corrected chi connectivity index (χ0v) is 18.5. The normalized spacial score (nSPS) is 10.8. The fraction of sp³-hybridized carbons (Fsp3) is 0.250. The van der Waals surface area contributed by atoms with E-state index in [1.807, 2.05) is 49.7 Å². The minimum absolute atomic E-state index is 0.170. The first-order valence-corrected chi connectivity index (χ1v) is 10.5. The van der Waals surface area contributed by atoms with Gasteiger partial charge in [-0.15, -0.1) is 10.2 Å². The Morgan fingerprint density at radius 2 is 1.86 bits per heavy atom. The molecule has 0 bridgehead atoms. The Labute approximate surface area is 183 Å². The smallest absolute Gasteiger partial charge is 0.234 e. The van der Waals surface area contributed by atoms with Gasteiger partial charge in [0.15, 0.2) is 11.0 Å². The fourth-order valence-electron chi connectivity index (χ4n) is 2.61. The third-order valence-corrected chi connectivity index (χ3v) is 6.13. The predicted octanol–water partition coefficient (Wildman–Crippen LogP) is 5.05. The van der Waals surface area contributed by atoms with Gasteiger partial charge in [0.1, 0.15) is 12.4 Å². The summed E-state index contributed by atoms with van der Waals surface area (Å²) in [5.74, 6) is 1.40. The van der Waals surface area contributed by atoms with Gasteiger partial charge in [0.05, 0.1) is 16.5 Å². The number of hydrogen-bond donors (Lipinski definition) is 1. The third-order valence-electron chi connectivity index (χ3n) is 4.18. The number of nitrogens with zero attached hydrogens (tertiary/aromatic N) is 3. The topological polar surface area (TPSA) is 69.0 Å². The second kappa shape index (κ2) is 9.52. The van der Waals surface area contributed by atoms with Gasteiger partial charge >= 0.3 is 0 Å². The van der Waals surface area contributed by atoms with E-state index in [1.165, 1.54) is 11.8 Å². The number of nitrogens with one attached hydrogen (secondary N) is 1. The summed E-state index contributed by atoms with van der Waals surface area (Å²) in [6, 6.07) is 10.9. The van der Waals surface area contributed by atoms with Crippen LogP contribution in [-0.2, 0) is 18.4 Å². The molecule has 9 heteroatoms. The van der Waals surface area contributed by atoms with E-state index in [9.17, 15) is 4.79 Å². The van der Waals surface area contributed by atoms with Gasteiger partial charge in [-0.05, 0) is 49.2 Å². The average Bonchev–Trinajstić information content (AvgIpc) is 3.04. The van der Waals surface area contributed by atoms with Crippen molar-refractivity contribution < 1.29 is 9.53 Å². The van der Waals surface area contributed by atoms with E-state index in [-0.39, 0.29) is 18.3 Å². The SMILES string of the molecule is Cc1cc(OCc2nnc(SCC(=O)Nc3ccccc3Cl)n2C)cc(C)c1Cl. The quantitative estimate of drug-likeness (QED) is 0.510. The van der Waals surface area contributed by atoms with E-state index in [1.54, 1.807) is 12.1 Å². The van der Waals surface area contributed by atoms with E-state index in [0.717, 1.165) is 21.9 Å². The Kier molecular flexibility index (Phi) is 7.05. The van der Waals surface area contributed by atoms with Crippen molar-refractivity contribution in [3.8, 4) is 5.75 Å². The van der Waals surface area contributed by atoms with Crippen LogP contribution in [0.25, 0.3) is 0 Å². The van der Waals surface area contributed by atoms with Gasteiger partial charge in [-0.25, -0.2) is 0 Å². The lowest BCUT2D eigenvalue weighted by Crippen LogP contribution is -2.14. The molecule has 0 radical (unpaired) electrons. The molecule has 1 heterocycles. The van der Waals surface area contributed by atoms with Gasteiger partial charge in [-0.3, -0.25) is 4.79 Å². The molecule has 0 unspecified atom stereocenters. The standard InChI is InChI=1S/C20H20Cl2N4O2S/c1-12-8-14(9-13(2)19(12)22)28-10-17-24-25-20(26(17)3)29-11-18(27)23-16-7-5-4-6-15(16)21/h4-9H,10-11H2,1-3H3,(H,23,27). The number of rotatable bonds is 7. The molecule has 0 spiro atoms. The monoisotopic (exact) mass is 450 g/mol. The summed E-state index contributed by atoms with van der Waals surface area (Å²) in [6.45, 7) is 4.14. The van der Waals surface area contributed by atoms with E-state index in [4.69, 9.17) is 27.9 Å². The summed E-state index contributed by atoms with van der Waals surface area (Å²) < 4.78 is 7.64. The molecule has 6 nitrogen and oxygen atoms in total. The van der Waals surface area contributed by atoms with Crippen LogP contribution in [0.2, 0.25) is 10.0 Å². The highest BCUT2D eigenvalue weighted by Crippen LogP contribution is 2.26. The van der Waals surface area contributed by atoms with Crippen molar-refractivity contribution in [3.63, 3.8) is 0 Å². The lowest BCUT2D eigenvalue weighted by molar-refractivity contribution is -0.113. The number of benzene rings is 2. The number of ether oxygens (including phenoxy) is 1. The molecule has 0 saturated carbocycles. The van der Waals surface area contributed by atoms with E-state index in [2.05, 4.69) is 15.5 Å². The average molecular weight is 451 g/mol. The minimum Gasteiger partial charge on any atom is -0.486 e. The van der Waals surface area contributed by atoms with Crippen LogP contribution in [0.5, 0.6) is 5.75 Å². The number of carbonyl (C=O) groups is 1. The molecule has 0 fully saturated rings. The van der Waals surface area contributed by atoms with Crippen molar-refractivity contribution in [3.05, 3.63) is 63.4 Å². The molecule has 0 aliphatic carbocycles. The number of para-hydroxylation sites is 1. The molecule has 0 aliphatic rings. The first kappa shape index (κ1) is 21.5. The van der Waals surface area contributed by atoms with Crippen molar-refractivity contribution in [2.45, 2.75) is 25.6 Å². The molecule has 152 valence electrons. The van der Waals surface area contributed by atoms with Crippen molar-refractivity contribution in [2.75, 3.05) is 11.1 Å². The molecule has 3 rings (SSSR count). The zero-order valence-electron chi connectivity index (χ0n) is 16.2. The Balaban J connectivity index is 1.56. The van der Waals surface area contributed by atoms with Gasteiger partial charge in [0.25, 0.3) is 0 Å². The highest BCUT2D eigenvalue weighted by molar-refractivity contribution is 7.99. The molecule has 1 amide bonds. The van der Waals surface area contributed by atoms with Gasteiger partial charge in [-0.2, -0.15) is 0 Å². The maximum absolute atomic E-state index is 12.2. The van der Waals surface area contributed by atoms with Crippen LogP contribution >= 0.6 is 35.0 Å². The molecule has 0 saturated heterocycles. The summed E-state index contributed by atoms with van der Waals surface area (Å²) in [5, 5.41) is 12.9. The van der Waals surface area contributed by atoms with Crippen LogP contribution in [0.4, 0.5) is 5.69 Å². The molecule has 3 aromatic rings. The van der Waals surface area contributed by atoms with Crippen LogP contribution in [0.1, 0.15) is 17.0 Å². The maximum atomic E-state index is 12.2. The molecular formula is C20H20Cl2N4O2S. The molecule has 1 aromatic heterocycles. The molecule has 2 aromatic carbocycles. The largest absolute Gasteiger partial charge is 0.486 e. The number of halogens is 2. The maximum Gasteiger partial charge on any atom is 0.234 e. The highest BCUT2D eigenvalue weighted by atomic mass is 35.5. The van der Waals surface area contributed by atoms with Gasteiger partial charge in [0.2, 0.25) is 5.91 Å². The van der Waals surface area contributed by atoms with Crippen LogP contribution in [0, 0.1) is 13.8 Å². The Hall–Kier alpha value is -2.22. The number of hydrogen-bond acceptors (Lipinski definition) is 5. The Bertz CT molecular complexity index is 1020. The molecule has 0 aliphatic heterocycles. The van der Waals surface area contributed by atoms with Crippen LogP contribution < -0.4 is 10.1 Å². The number of aryl methyl sites for hydroxylation is 2. The summed E-state index contributed by atoms with van der Waals surface area (Å²) in [5.41, 5.74) is 2.50. The summed E-state index contributed by atoms with van der Waals surface area (Å²) in [4.78, 5) is 12.2. The van der Waals surface area contributed by atoms with Crippen LogP contribution in [-0.4, -0.2) is 26.4 Å². The molecule has 0 atom stereocenters. The second-order valence-corrected chi connectivity index (χ2v) is 8.16. The Morgan fingerprint density at radius 3 is 2.55 bits per heavy atom. The van der Waals surface area contributed by atoms with Crippen molar-refractivity contribution in [1.82, 2.24) is 14.8 Å². The summed E-state index contributed by atoms with van der Waals surface area (Å²) in [6.07, 6.45) is 0. The lowest BCUT2D eigenvalue weighted by Gasteiger charge is -2.10. The number of carbonyl (C=O) groups excluding carboxylic acids is 1. The van der Waals surface area contributed by atoms with Crippen molar-refractivity contribution >= 4 is 46.6 Å². The predicted molar refractivity (Wildman–Crippen MR) is 117 cm³/mol. The number of aromatic nitrogens is 3. The van der Waals surface area contributed by atoms with E-state index < -0.39 is 0 Å². The van der Waals surface area contributed by atoms with Gasteiger partial charge in [-0.1, -0.05) is 47.1 Å². The van der Waals surface area contributed by atoms with Crippen molar-refractivity contribution in [2.24, 2.45) is 7.05 Å². The number of amides is 1.